The van der Waals surface area contributed by atoms with Crippen LogP contribution in [0.25, 0.3) is 88.2 Å². The van der Waals surface area contributed by atoms with Gasteiger partial charge in [-0.05, 0) is 95.8 Å². The largest absolute Gasteiger partial charge is 0.309 e. The molecule has 2 aliphatic carbocycles. The third kappa shape index (κ3) is 3.45. The minimum Gasteiger partial charge on any atom is -0.309 e. The molecule has 12 rings (SSSR count). The van der Waals surface area contributed by atoms with E-state index in [2.05, 4.69) is 143 Å². The molecule has 2 aliphatic rings. The zero-order valence-corrected chi connectivity index (χ0v) is 27.3. The fourth-order valence-electron chi connectivity index (χ4n) is 8.90. The van der Waals surface area contributed by atoms with Crippen LogP contribution in [0.3, 0.4) is 0 Å². The van der Waals surface area contributed by atoms with Crippen LogP contribution in [-0.2, 0) is 25.7 Å². The molecule has 10 aromatic rings. The SMILES string of the molecule is c1ccc(-c2nc(-n3c4cc5c(cc4c4c6ccccc6c6c(c7cc8c(cc7n6-c6ccccc6)CC8)c43)CC5)nc3ccccc23)cc1. The van der Waals surface area contributed by atoms with Crippen LogP contribution in [0.4, 0.5) is 0 Å². The number of hydrogen-bond acceptors (Lipinski definition) is 2. The molecule has 0 unspecified atom stereocenters. The molecule has 3 aromatic heterocycles. The number of aromatic nitrogens is 4. The number of hydrogen-bond donors (Lipinski definition) is 0. The highest BCUT2D eigenvalue weighted by molar-refractivity contribution is 6.36. The second-order valence-corrected chi connectivity index (χ2v) is 14.0. The molecule has 0 bridgehead atoms. The van der Waals surface area contributed by atoms with Gasteiger partial charge in [0.15, 0.2) is 0 Å². The zero-order chi connectivity index (χ0) is 32.5. The second kappa shape index (κ2) is 9.67. The van der Waals surface area contributed by atoms with E-state index in [1.165, 1.54) is 82.3 Å². The van der Waals surface area contributed by atoms with E-state index >= 15 is 0 Å². The summed E-state index contributed by atoms with van der Waals surface area (Å²) < 4.78 is 4.92. The molecular weight excluding hydrogens is 609 g/mol. The predicted molar refractivity (Wildman–Crippen MR) is 206 cm³/mol. The molecule has 0 radical (unpaired) electrons. The van der Waals surface area contributed by atoms with Gasteiger partial charge < -0.3 is 4.57 Å². The average Bonchev–Trinajstić information content (AvgIpc) is 3.66. The Bertz CT molecular complexity index is 3080. The Morgan fingerprint density at radius 1 is 0.420 bits per heavy atom. The van der Waals surface area contributed by atoms with Crippen LogP contribution >= 0.6 is 0 Å². The standard InChI is InChI=1S/C46H30N4/c1-3-11-27(12-4-1)43-35-17-9-10-18-38(35)47-46(48-43)50-40-26-31-22-19-28(31)23-36(40)41-33-15-7-8-16-34(33)44-42(45(41)50)37-24-29-20-21-30(29)25-39(37)49(44)32-13-5-2-6-14-32/h1-18,23-26H,19-22H2. The van der Waals surface area contributed by atoms with Crippen molar-refractivity contribution in [3.05, 3.63) is 156 Å². The van der Waals surface area contributed by atoms with Crippen molar-refractivity contribution in [1.29, 1.82) is 0 Å². The summed E-state index contributed by atoms with van der Waals surface area (Å²) in [5.41, 5.74) is 14.8. The predicted octanol–water partition coefficient (Wildman–Crippen LogP) is 10.8. The molecule has 0 spiro atoms. The first-order valence-corrected chi connectivity index (χ1v) is 17.7. The van der Waals surface area contributed by atoms with E-state index in [4.69, 9.17) is 9.97 Å². The van der Waals surface area contributed by atoms with Crippen molar-refractivity contribution in [2.75, 3.05) is 0 Å². The lowest BCUT2D eigenvalue weighted by Crippen LogP contribution is -2.09. The minimum atomic E-state index is 0.711. The monoisotopic (exact) mass is 638 g/mol. The third-order valence-electron chi connectivity index (χ3n) is 11.4. The molecule has 0 saturated carbocycles. The quantitative estimate of drug-likeness (QED) is 0.193. The van der Waals surface area contributed by atoms with Gasteiger partial charge in [0.1, 0.15) is 0 Å². The number of nitrogens with zero attached hydrogens (tertiary/aromatic N) is 4. The minimum absolute atomic E-state index is 0.711. The molecule has 0 N–H and O–H groups in total. The average molecular weight is 639 g/mol. The highest BCUT2D eigenvalue weighted by Gasteiger charge is 2.29. The zero-order valence-electron chi connectivity index (χ0n) is 27.3. The van der Waals surface area contributed by atoms with Gasteiger partial charge >= 0.3 is 0 Å². The van der Waals surface area contributed by atoms with Gasteiger partial charge in [-0.3, -0.25) is 4.57 Å². The van der Waals surface area contributed by atoms with E-state index in [1.807, 2.05) is 0 Å². The topological polar surface area (TPSA) is 35.6 Å². The van der Waals surface area contributed by atoms with Crippen LogP contribution in [0.5, 0.6) is 0 Å². The number of aryl methyl sites for hydroxylation is 4. The van der Waals surface area contributed by atoms with Gasteiger partial charge in [-0.2, -0.15) is 0 Å². The lowest BCUT2D eigenvalue weighted by molar-refractivity contribution is 0.842. The number of benzene rings is 7. The van der Waals surface area contributed by atoms with Crippen molar-refractivity contribution < 1.29 is 0 Å². The van der Waals surface area contributed by atoms with E-state index in [9.17, 15) is 0 Å². The lowest BCUT2D eigenvalue weighted by atomic mass is 9.86. The second-order valence-electron chi connectivity index (χ2n) is 14.0. The molecule has 0 amide bonds. The molecule has 3 heterocycles. The molecule has 234 valence electrons. The molecule has 50 heavy (non-hydrogen) atoms. The van der Waals surface area contributed by atoms with Crippen molar-refractivity contribution in [1.82, 2.24) is 19.1 Å². The van der Waals surface area contributed by atoms with Crippen LogP contribution in [0.1, 0.15) is 22.3 Å². The summed E-state index contributed by atoms with van der Waals surface area (Å²) in [5.74, 6) is 0.711. The van der Waals surface area contributed by atoms with Gasteiger partial charge in [-0.1, -0.05) is 91.0 Å². The maximum absolute atomic E-state index is 5.50. The first kappa shape index (κ1) is 26.7. The van der Waals surface area contributed by atoms with Crippen LogP contribution in [-0.4, -0.2) is 19.1 Å². The van der Waals surface area contributed by atoms with Crippen molar-refractivity contribution >= 4 is 65.3 Å². The van der Waals surface area contributed by atoms with Crippen LogP contribution in [0, 0.1) is 0 Å². The van der Waals surface area contributed by atoms with Crippen molar-refractivity contribution in [2.24, 2.45) is 0 Å². The summed E-state index contributed by atoms with van der Waals surface area (Å²) in [4.78, 5) is 10.9. The number of rotatable bonds is 3. The Kier molecular flexibility index (Phi) is 5.16. The van der Waals surface area contributed by atoms with Crippen molar-refractivity contribution in [2.45, 2.75) is 25.7 Å². The Hall–Kier alpha value is -6.26. The van der Waals surface area contributed by atoms with E-state index in [0.29, 0.717) is 5.95 Å². The fourth-order valence-corrected chi connectivity index (χ4v) is 8.90. The van der Waals surface area contributed by atoms with Gasteiger partial charge in [0.05, 0.1) is 33.3 Å². The van der Waals surface area contributed by atoms with Gasteiger partial charge in [0.25, 0.3) is 0 Å². The number of para-hydroxylation sites is 2. The first-order valence-electron chi connectivity index (χ1n) is 17.7. The lowest BCUT2D eigenvalue weighted by Gasteiger charge is -2.19. The molecule has 4 heteroatoms. The van der Waals surface area contributed by atoms with Gasteiger partial charge in [-0.25, -0.2) is 9.97 Å². The Morgan fingerprint density at radius 3 is 1.68 bits per heavy atom. The van der Waals surface area contributed by atoms with Crippen LogP contribution in [0.15, 0.2) is 133 Å². The Morgan fingerprint density at radius 2 is 0.980 bits per heavy atom. The molecular formula is C46H30N4. The molecule has 0 aliphatic heterocycles. The summed E-state index contributed by atoms with van der Waals surface area (Å²) in [6.07, 6.45) is 4.50. The summed E-state index contributed by atoms with van der Waals surface area (Å²) >= 11 is 0. The molecule has 0 fully saturated rings. The van der Waals surface area contributed by atoms with Gasteiger partial charge in [0, 0.05) is 43.6 Å². The van der Waals surface area contributed by atoms with Crippen molar-refractivity contribution in [3.8, 4) is 22.9 Å². The summed E-state index contributed by atoms with van der Waals surface area (Å²) in [5, 5.41) is 8.71. The van der Waals surface area contributed by atoms with Crippen LogP contribution < -0.4 is 0 Å². The summed E-state index contributed by atoms with van der Waals surface area (Å²) in [6.45, 7) is 0. The molecule has 4 nitrogen and oxygen atoms in total. The fraction of sp³-hybridized carbons (Fsp3) is 0.0870. The van der Waals surface area contributed by atoms with E-state index < -0.39 is 0 Å². The maximum atomic E-state index is 5.50. The van der Waals surface area contributed by atoms with Gasteiger partial charge in [0.2, 0.25) is 5.95 Å². The van der Waals surface area contributed by atoms with Crippen LogP contribution in [0.2, 0.25) is 0 Å². The maximum Gasteiger partial charge on any atom is 0.235 e. The van der Waals surface area contributed by atoms with Crippen molar-refractivity contribution in [3.63, 3.8) is 0 Å². The molecule has 0 atom stereocenters. The van der Waals surface area contributed by atoms with E-state index in [0.717, 1.165) is 47.8 Å². The normalized spacial score (nSPS) is 13.7. The Balaban J connectivity index is 1.36. The summed E-state index contributed by atoms with van der Waals surface area (Å²) in [7, 11) is 0. The van der Waals surface area contributed by atoms with Gasteiger partial charge in [-0.15, -0.1) is 0 Å². The molecule has 0 saturated heterocycles. The highest BCUT2D eigenvalue weighted by Crippen LogP contribution is 2.48. The molecule has 7 aromatic carbocycles. The van der Waals surface area contributed by atoms with E-state index in [1.54, 1.807) is 0 Å². The van der Waals surface area contributed by atoms with E-state index in [-0.39, 0.29) is 0 Å². The Labute approximate surface area is 287 Å². The number of fused-ring (bicyclic) bond motifs is 13. The first-order chi connectivity index (χ1) is 24.8. The smallest absolute Gasteiger partial charge is 0.235 e. The summed E-state index contributed by atoms with van der Waals surface area (Å²) in [6, 6.07) is 48.8. The third-order valence-corrected chi connectivity index (χ3v) is 11.4. The highest BCUT2D eigenvalue weighted by atomic mass is 15.2.